The van der Waals surface area contributed by atoms with Crippen molar-refractivity contribution in [3.05, 3.63) is 52.5 Å². The van der Waals surface area contributed by atoms with E-state index in [-0.39, 0.29) is 10.9 Å². The van der Waals surface area contributed by atoms with Crippen LogP contribution in [0.5, 0.6) is 0 Å². The highest BCUT2D eigenvalue weighted by Crippen LogP contribution is 2.16. The first kappa shape index (κ1) is 12.5. The summed E-state index contributed by atoms with van der Waals surface area (Å²) in [6.07, 6.45) is 1.52. The minimum atomic E-state index is -0.485. The Labute approximate surface area is 113 Å². The van der Waals surface area contributed by atoms with Crippen LogP contribution in [0.2, 0.25) is 0 Å². The number of nitrogens with zero attached hydrogens (tertiary/aromatic N) is 3. The number of H-pyrrole nitrogens is 1. The van der Waals surface area contributed by atoms with Gasteiger partial charge >= 0.3 is 0 Å². The van der Waals surface area contributed by atoms with E-state index in [0.29, 0.717) is 17.2 Å². The fraction of sp³-hybridized carbons (Fsp3) is 0.154. The number of rotatable bonds is 2. The molecular formula is C13H12FN5O. The van der Waals surface area contributed by atoms with E-state index >= 15 is 0 Å². The van der Waals surface area contributed by atoms with Crippen molar-refractivity contribution < 1.29 is 4.39 Å². The van der Waals surface area contributed by atoms with Gasteiger partial charge in [-0.05, 0) is 25.1 Å². The van der Waals surface area contributed by atoms with E-state index in [0.717, 1.165) is 0 Å². The second-order valence-corrected chi connectivity index (χ2v) is 4.50. The Balaban J connectivity index is 2.44. The molecule has 0 aliphatic rings. The maximum Gasteiger partial charge on any atom is 0.267 e. The first-order valence-corrected chi connectivity index (χ1v) is 6.05. The van der Waals surface area contributed by atoms with Crippen molar-refractivity contribution in [1.82, 2.24) is 19.7 Å². The van der Waals surface area contributed by atoms with Crippen molar-refractivity contribution in [2.45, 2.75) is 13.0 Å². The number of aromatic nitrogens is 4. The smallest absolute Gasteiger partial charge is 0.267 e. The summed E-state index contributed by atoms with van der Waals surface area (Å²) in [5.74, 6) is 0.348. The second-order valence-electron chi connectivity index (χ2n) is 4.50. The number of nitrogens with one attached hydrogen (secondary N) is 1. The van der Waals surface area contributed by atoms with Crippen LogP contribution in [-0.4, -0.2) is 19.7 Å². The second kappa shape index (κ2) is 4.53. The lowest BCUT2D eigenvalue weighted by Gasteiger charge is -2.14. The lowest BCUT2D eigenvalue weighted by atomic mass is 10.2. The Morgan fingerprint density at radius 1 is 1.40 bits per heavy atom. The highest BCUT2D eigenvalue weighted by molar-refractivity contribution is 5.78. The molecule has 0 bridgehead atoms. The largest absolute Gasteiger partial charge is 0.322 e. The van der Waals surface area contributed by atoms with E-state index in [2.05, 4.69) is 15.2 Å². The van der Waals surface area contributed by atoms with E-state index in [1.165, 1.54) is 29.0 Å². The van der Waals surface area contributed by atoms with Crippen molar-refractivity contribution in [2.75, 3.05) is 0 Å². The van der Waals surface area contributed by atoms with Gasteiger partial charge in [0.05, 0.1) is 23.1 Å². The molecule has 20 heavy (non-hydrogen) atoms. The van der Waals surface area contributed by atoms with Crippen molar-refractivity contribution in [2.24, 2.45) is 5.73 Å². The van der Waals surface area contributed by atoms with Crippen molar-refractivity contribution >= 4 is 10.9 Å². The van der Waals surface area contributed by atoms with Gasteiger partial charge in [-0.1, -0.05) is 0 Å². The minimum absolute atomic E-state index is 0.198. The average Bonchev–Trinajstić information content (AvgIpc) is 2.92. The number of benzene rings is 1. The van der Waals surface area contributed by atoms with Gasteiger partial charge in [-0.2, -0.15) is 5.10 Å². The fourth-order valence-electron chi connectivity index (χ4n) is 2.09. The van der Waals surface area contributed by atoms with Crippen LogP contribution in [0.15, 0.2) is 35.3 Å². The van der Waals surface area contributed by atoms with Crippen LogP contribution >= 0.6 is 0 Å². The van der Waals surface area contributed by atoms with E-state index in [1.54, 1.807) is 13.0 Å². The van der Waals surface area contributed by atoms with Crippen molar-refractivity contribution in [3.63, 3.8) is 0 Å². The topological polar surface area (TPSA) is 89.6 Å². The molecule has 0 aliphatic heterocycles. The Bertz CT molecular complexity index is 823. The van der Waals surface area contributed by atoms with Gasteiger partial charge in [0.2, 0.25) is 0 Å². The third-order valence-electron chi connectivity index (χ3n) is 2.99. The Kier molecular flexibility index (Phi) is 2.83. The quantitative estimate of drug-likeness (QED) is 0.735. The summed E-state index contributed by atoms with van der Waals surface area (Å²) in [5.41, 5.74) is 5.91. The first-order chi connectivity index (χ1) is 9.58. The summed E-state index contributed by atoms with van der Waals surface area (Å²) < 4.78 is 14.6. The molecule has 2 heterocycles. The number of nitrogens with two attached hydrogens (primary N) is 1. The lowest BCUT2D eigenvalue weighted by molar-refractivity contribution is 0.628. The Hall–Kier alpha value is -2.54. The summed E-state index contributed by atoms with van der Waals surface area (Å²) in [5, 5.41) is 6.70. The van der Waals surface area contributed by atoms with Crippen LogP contribution in [0.3, 0.4) is 0 Å². The fourth-order valence-corrected chi connectivity index (χ4v) is 2.09. The minimum Gasteiger partial charge on any atom is -0.322 e. The van der Waals surface area contributed by atoms with E-state index < -0.39 is 11.9 Å². The molecule has 0 aliphatic carbocycles. The zero-order chi connectivity index (χ0) is 14.3. The molecule has 1 aromatic carbocycles. The highest BCUT2D eigenvalue weighted by Gasteiger charge is 2.16. The van der Waals surface area contributed by atoms with Crippen LogP contribution in [0, 0.1) is 5.82 Å². The van der Waals surface area contributed by atoms with Crippen LogP contribution in [0.25, 0.3) is 16.7 Å². The standard InChI is InChI=1S/C13H12FN5O/c1-7(15)12-17-10-3-2-8(14)6-9(10)13(20)19(12)11-4-5-16-18-11/h2-7H,15H2,1H3,(H,16,18). The van der Waals surface area contributed by atoms with Crippen LogP contribution in [0.1, 0.15) is 18.8 Å². The predicted molar refractivity (Wildman–Crippen MR) is 72.0 cm³/mol. The monoisotopic (exact) mass is 273 g/mol. The first-order valence-electron chi connectivity index (χ1n) is 6.05. The number of hydrogen-bond donors (Lipinski definition) is 2. The third-order valence-corrected chi connectivity index (χ3v) is 2.99. The number of aromatic amines is 1. The van der Waals surface area contributed by atoms with Crippen LogP contribution in [0.4, 0.5) is 4.39 Å². The molecule has 0 saturated carbocycles. The molecule has 2 aromatic heterocycles. The molecule has 3 N–H and O–H groups in total. The highest BCUT2D eigenvalue weighted by atomic mass is 19.1. The van der Waals surface area contributed by atoms with Gasteiger partial charge < -0.3 is 5.73 Å². The van der Waals surface area contributed by atoms with E-state index in [4.69, 9.17) is 5.73 Å². The molecule has 0 saturated heterocycles. The maximum absolute atomic E-state index is 13.3. The molecule has 102 valence electrons. The third kappa shape index (κ3) is 1.88. The molecule has 6 nitrogen and oxygen atoms in total. The summed E-state index contributed by atoms with van der Waals surface area (Å²) in [6.45, 7) is 1.73. The van der Waals surface area contributed by atoms with Gasteiger partial charge in [0.15, 0.2) is 0 Å². The van der Waals surface area contributed by atoms with Gasteiger partial charge in [0.1, 0.15) is 17.5 Å². The van der Waals surface area contributed by atoms with E-state index in [9.17, 15) is 9.18 Å². The zero-order valence-corrected chi connectivity index (χ0v) is 10.7. The number of halogens is 1. The molecule has 1 unspecified atom stereocenters. The summed E-state index contributed by atoms with van der Waals surface area (Å²) in [7, 11) is 0. The van der Waals surface area contributed by atoms with Crippen LogP contribution < -0.4 is 11.3 Å². The maximum atomic E-state index is 13.3. The number of hydrogen-bond acceptors (Lipinski definition) is 4. The molecule has 7 heteroatoms. The van der Waals surface area contributed by atoms with Gasteiger partial charge in [-0.25, -0.2) is 13.9 Å². The molecule has 0 fully saturated rings. The van der Waals surface area contributed by atoms with Gasteiger partial charge in [0.25, 0.3) is 5.56 Å². The molecule has 0 spiro atoms. The zero-order valence-electron chi connectivity index (χ0n) is 10.7. The SMILES string of the molecule is CC(N)c1nc2ccc(F)cc2c(=O)n1-c1ccn[nH]1. The van der Waals surface area contributed by atoms with Gasteiger partial charge in [0, 0.05) is 6.07 Å². The normalized spacial score (nSPS) is 12.8. The molecule has 3 rings (SSSR count). The molecule has 0 radical (unpaired) electrons. The average molecular weight is 273 g/mol. The molecule has 3 aromatic rings. The summed E-state index contributed by atoms with van der Waals surface area (Å²) in [4.78, 5) is 16.9. The van der Waals surface area contributed by atoms with Crippen molar-refractivity contribution in [3.8, 4) is 5.82 Å². The Morgan fingerprint density at radius 2 is 2.20 bits per heavy atom. The Morgan fingerprint density at radius 3 is 2.85 bits per heavy atom. The molecule has 1 atom stereocenters. The predicted octanol–water partition coefficient (Wildman–Crippen LogP) is 1.27. The lowest BCUT2D eigenvalue weighted by Crippen LogP contribution is -2.27. The molecule has 0 amide bonds. The summed E-state index contributed by atoms with van der Waals surface area (Å²) in [6, 6.07) is 5.07. The van der Waals surface area contributed by atoms with Crippen LogP contribution in [-0.2, 0) is 0 Å². The van der Waals surface area contributed by atoms with E-state index in [1.807, 2.05) is 0 Å². The van der Waals surface area contributed by atoms with Crippen molar-refractivity contribution in [1.29, 1.82) is 0 Å². The van der Waals surface area contributed by atoms with Gasteiger partial charge in [-0.15, -0.1) is 0 Å². The van der Waals surface area contributed by atoms with Gasteiger partial charge in [-0.3, -0.25) is 9.89 Å². The molecular weight excluding hydrogens is 261 g/mol. The summed E-state index contributed by atoms with van der Waals surface area (Å²) >= 11 is 0. The number of fused-ring (bicyclic) bond motifs is 1.